The summed E-state index contributed by atoms with van der Waals surface area (Å²) in [7, 11) is 1.62. The second-order valence-corrected chi connectivity index (χ2v) is 5.65. The molecular formula is C19H16N2O4. The highest BCUT2D eigenvalue weighted by Gasteiger charge is 2.35. The molecule has 1 atom stereocenters. The van der Waals surface area contributed by atoms with E-state index in [2.05, 4.69) is 5.10 Å². The van der Waals surface area contributed by atoms with E-state index in [0.717, 1.165) is 17.0 Å². The number of furan rings is 2. The van der Waals surface area contributed by atoms with Crippen LogP contribution < -0.4 is 4.74 Å². The zero-order valence-electron chi connectivity index (χ0n) is 13.6. The van der Waals surface area contributed by atoms with Crippen molar-refractivity contribution in [3.05, 3.63) is 78.1 Å². The second kappa shape index (κ2) is 6.32. The molecule has 2 aromatic heterocycles. The lowest BCUT2D eigenvalue weighted by atomic mass is 10.0. The van der Waals surface area contributed by atoms with Crippen molar-refractivity contribution < 1.29 is 18.4 Å². The van der Waals surface area contributed by atoms with Gasteiger partial charge < -0.3 is 13.6 Å². The molecule has 1 aliphatic rings. The standard InChI is InChI=1S/C19H16N2O4/c1-23-14-6-2-5-13(11-14)16-12-15(17-7-3-9-24-17)20-21(16)19(22)18-8-4-10-25-18/h2-11,16H,12H2,1H3/t16-/m0/s1. The summed E-state index contributed by atoms with van der Waals surface area (Å²) in [5.41, 5.74) is 1.65. The lowest BCUT2D eigenvalue weighted by Gasteiger charge is -2.21. The van der Waals surface area contributed by atoms with Gasteiger partial charge in [-0.25, -0.2) is 5.01 Å². The van der Waals surface area contributed by atoms with Crippen LogP contribution in [0.5, 0.6) is 5.75 Å². The molecule has 6 nitrogen and oxygen atoms in total. The third-order valence-electron chi connectivity index (χ3n) is 4.13. The van der Waals surface area contributed by atoms with Gasteiger partial charge in [0.05, 0.1) is 25.7 Å². The van der Waals surface area contributed by atoms with Gasteiger partial charge in [0.1, 0.15) is 17.2 Å². The molecule has 4 rings (SSSR count). The Kier molecular flexibility index (Phi) is 3.85. The summed E-state index contributed by atoms with van der Waals surface area (Å²) in [6, 6.07) is 14.3. The molecule has 0 bridgehead atoms. The molecule has 25 heavy (non-hydrogen) atoms. The molecule has 3 aromatic rings. The number of hydrogen-bond donors (Lipinski definition) is 0. The number of hydrazone groups is 1. The van der Waals surface area contributed by atoms with Crippen molar-refractivity contribution in [2.75, 3.05) is 7.11 Å². The minimum atomic E-state index is -0.292. The zero-order chi connectivity index (χ0) is 17.2. The Morgan fingerprint density at radius 1 is 1.16 bits per heavy atom. The average molecular weight is 336 g/mol. The SMILES string of the molecule is COc1cccc([C@@H]2CC(c3ccco3)=NN2C(=O)c2ccco2)c1. The number of amides is 1. The van der Waals surface area contributed by atoms with Gasteiger partial charge in [-0.2, -0.15) is 5.10 Å². The van der Waals surface area contributed by atoms with Gasteiger partial charge in [-0.05, 0) is 42.0 Å². The van der Waals surface area contributed by atoms with Crippen molar-refractivity contribution in [2.45, 2.75) is 12.5 Å². The molecule has 1 amide bonds. The van der Waals surface area contributed by atoms with Gasteiger partial charge >= 0.3 is 5.91 Å². The molecule has 126 valence electrons. The van der Waals surface area contributed by atoms with E-state index in [1.165, 1.54) is 11.3 Å². The van der Waals surface area contributed by atoms with Crippen LogP contribution in [0.3, 0.4) is 0 Å². The number of carbonyl (C=O) groups excluding carboxylic acids is 1. The molecule has 0 fully saturated rings. The normalized spacial score (nSPS) is 16.8. The number of benzene rings is 1. The highest BCUT2D eigenvalue weighted by atomic mass is 16.5. The van der Waals surface area contributed by atoms with Gasteiger partial charge in [-0.15, -0.1) is 0 Å². The Morgan fingerprint density at radius 3 is 2.72 bits per heavy atom. The van der Waals surface area contributed by atoms with Gasteiger partial charge in [0.15, 0.2) is 5.76 Å². The minimum absolute atomic E-state index is 0.248. The molecular weight excluding hydrogens is 320 g/mol. The van der Waals surface area contributed by atoms with Gasteiger partial charge in [0.25, 0.3) is 0 Å². The highest BCUT2D eigenvalue weighted by molar-refractivity contribution is 6.02. The van der Waals surface area contributed by atoms with Gasteiger partial charge in [-0.1, -0.05) is 12.1 Å². The van der Waals surface area contributed by atoms with Gasteiger partial charge in [0.2, 0.25) is 0 Å². The quantitative estimate of drug-likeness (QED) is 0.725. The van der Waals surface area contributed by atoms with E-state index in [4.69, 9.17) is 13.6 Å². The molecule has 0 spiro atoms. The first-order valence-electron chi connectivity index (χ1n) is 7.88. The van der Waals surface area contributed by atoms with E-state index in [0.29, 0.717) is 12.2 Å². The van der Waals surface area contributed by atoms with Crippen LogP contribution in [0.15, 0.2) is 75.0 Å². The van der Waals surface area contributed by atoms with Crippen LogP contribution in [-0.4, -0.2) is 23.7 Å². The van der Waals surface area contributed by atoms with Crippen molar-refractivity contribution >= 4 is 11.6 Å². The van der Waals surface area contributed by atoms with Gasteiger partial charge in [-0.3, -0.25) is 4.79 Å². The smallest absolute Gasteiger partial charge is 0.310 e. The summed E-state index contributed by atoms with van der Waals surface area (Å²) in [6.45, 7) is 0. The van der Waals surface area contributed by atoms with Crippen LogP contribution in [0.25, 0.3) is 0 Å². The number of ether oxygens (including phenoxy) is 1. The molecule has 0 unspecified atom stereocenters. The van der Waals surface area contributed by atoms with Crippen LogP contribution in [-0.2, 0) is 0 Å². The van der Waals surface area contributed by atoms with Crippen molar-refractivity contribution in [3.63, 3.8) is 0 Å². The Morgan fingerprint density at radius 2 is 2.00 bits per heavy atom. The van der Waals surface area contributed by atoms with E-state index in [9.17, 15) is 4.79 Å². The first-order chi connectivity index (χ1) is 12.3. The van der Waals surface area contributed by atoms with Crippen LogP contribution in [0.2, 0.25) is 0 Å². The molecule has 6 heteroatoms. The number of methoxy groups -OCH3 is 1. The summed E-state index contributed by atoms with van der Waals surface area (Å²) >= 11 is 0. The average Bonchev–Trinajstić information content (AvgIpc) is 3.42. The number of carbonyl (C=O) groups is 1. The first kappa shape index (κ1) is 15.3. The molecule has 1 aliphatic heterocycles. The lowest BCUT2D eigenvalue weighted by molar-refractivity contribution is 0.0678. The van der Waals surface area contributed by atoms with Crippen molar-refractivity contribution in [2.24, 2.45) is 5.10 Å². The highest BCUT2D eigenvalue weighted by Crippen LogP contribution is 2.35. The fraction of sp³-hybridized carbons (Fsp3) is 0.158. The summed E-state index contributed by atoms with van der Waals surface area (Å²) in [5.74, 6) is 1.34. The topological polar surface area (TPSA) is 68.2 Å². The Balaban J connectivity index is 1.72. The first-order valence-corrected chi connectivity index (χ1v) is 7.88. The molecule has 0 radical (unpaired) electrons. The molecule has 0 saturated heterocycles. The van der Waals surface area contributed by atoms with E-state index >= 15 is 0 Å². The Bertz CT molecular complexity index is 897. The lowest BCUT2D eigenvalue weighted by Crippen LogP contribution is -2.26. The molecule has 0 N–H and O–H groups in total. The summed E-state index contributed by atoms with van der Waals surface area (Å²) in [5, 5.41) is 5.96. The molecule has 3 heterocycles. The van der Waals surface area contributed by atoms with Crippen molar-refractivity contribution in [3.8, 4) is 5.75 Å². The number of nitrogens with zero attached hydrogens (tertiary/aromatic N) is 2. The van der Waals surface area contributed by atoms with Crippen molar-refractivity contribution in [1.82, 2.24) is 5.01 Å². The van der Waals surface area contributed by atoms with Crippen LogP contribution >= 0.6 is 0 Å². The number of hydrogen-bond acceptors (Lipinski definition) is 5. The fourth-order valence-electron chi connectivity index (χ4n) is 2.91. The predicted molar refractivity (Wildman–Crippen MR) is 90.5 cm³/mol. The monoisotopic (exact) mass is 336 g/mol. The zero-order valence-corrected chi connectivity index (χ0v) is 13.6. The fourth-order valence-corrected chi connectivity index (χ4v) is 2.91. The third kappa shape index (κ3) is 2.82. The molecule has 1 aromatic carbocycles. The van der Waals surface area contributed by atoms with E-state index in [1.54, 1.807) is 31.6 Å². The van der Waals surface area contributed by atoms with Crippen LogP contribution in [0, 0.1) is 0 Å². The summed E-state index contributed by atoms with van der Waals surface area (Å²) in [4.78, 5) is 12.8. The van der Waals surface area contributed by atoms with Crippen LogP contribution in [0.1, 0.15) is 34.3 Å². The maximum absolute atomic E-state index is 12.8. The summed E-state index contributed by atoms with van der Waals surface area (Å²) < 4.78 is 16.0. The van der Waals surface area contributed by atoms with E-state index in [-0.39, 0.29) is 17.7 Å². The van der Waals surface area contributed by atoms with Gasteiger partial charge in [0, 0.05) is 6.42 Å². The van der Waals surface area contributed by atoms with E-state index < -0.39 is 0 Å². The predicted octanol–water partition coefficient (Wildman–Crippen LogP) is 3.87. The largest absolute Gasteiger partial charge is 0.497 e. The maximum atomic E-state index is 12.8. The molecule has 0 aliphatic carbocycles. The van der Waals surface area contributed by atoms with E-state index in [1.807, 2.05) is 30.3 Å². The maximum Gasteiger partial charge on any atom is 0.310 e. The van der Waals surface area contributed by atoms with Crippen LogP contribution in [0.4, 0.5) is 0 Å². The third-order valence-corrected chi connectivity index (χ3v) is 4.13. The Labute approximate surface area is 144 Å². The van der Waals surface area contributed by atoms with Crippen molar-refractivity contribution in [1.29, 1.82) is 0 Å². The second-order valence-electron chi connectivity index (χ2n) is 5.65. The minimum Gasteiger partial charge on any atom is -0.497 e. The summed E-state index contributed by atoms with van der Waals surface area (Å²) in [6.07, 6.45) is 3.61. The number of rotatable bonds is 4. The molecule has 0 saturated carbocycles. The Hall–Kier alpha value is -3.28.